The van der Waals surface area contributed by atoms with Gasteiger partial charge in [-0.3, -0.25) is 9.69 Å². The molecule has 0 fully saturated rings. The molecule has 9 heteroatoms. The van der Waals surface area contributed by atoms with Gasteiger partial charge in [0, 0.05) is 41.2 Å². The molecular formula is C24H27ClN4O2S2. The molecule has 0 aliphatic heterocycles. The van der Waals surface area contributed by atoms with Crippen molar-refractivity contribution in [2.75, 3.05) is 18.6 Å². The zero-order chi connectivity index (χ0) is 22.5. The van der Waals surface area contributed by atoms with Crippen molar-refractivity contribution < 1.29 is 9.53 Å². The number of carbonyl (C=O) groups is 1. The number of anilines is 1. The Labute approximate surface area is 208 Å². The molecule has 4 aromatic rings. The van der Waals surface area contributed by atoms with Gasteiger partial charge in [0.15, 0.2) is 5.13 Å². The molecule has 2 heterocycles. The number of ether oxygens (including phenoxy) is 1. The van der Waals surface area contributed by atoms with Gasteiger partial charge in [-0.1, -0.05) is 25.2 Å². The fourth-order valence-corrected chi connectivity index (χ4v) is 5.21. The van der Waals surface area contributed by atoms with E-state index in [-0.39, 0.29) is 18.3 Å². The summed E-state index contributed by atoms with van der Waals surface area (Å²) in [5, 5.41) is 1.19. The summed E-state index contributed by atoms with van der Waals surface area (Å²) in [5.74, 6) is 0.742. The van der Waals surface area contributed by atoms with Crippen LogP contribution in [0.25, 0.3) is 10.2 Å². The van der Waals surface area contributed by atoms with Crippen LogP contribution in [-0.2, 0) is 6.54 Å². The number of nitrogens with zero attached hydrogens (tertiary/aromatic N) is 4. The van der Waals surface area contributed by atoms with E-state index in [1.807, 2.05) is 53.2 Å². The number of benzene rings is 2. The standard InChI is InChI=1S/C24H26N4O2S2.ClH/c1-17(2)31-20-8-5-18(6-9-20)23(29)28(13-4-12-27-14-11-25-16-27)24-26-21-10-7-19(30-3)15-22(21)32-24;/h5-11,14-17H,4,12-13H2,1-3H3;1H. The van der Waals surface area contributed by atoms with Gasteiger partial charge in [0.05, 0.1) is 23.7 Å². The number of thiazole rings is 1. The quantitative estimate of drug-likeness (QED) is 0.256. The third kappa shape index (κ3) is 6.28. The Hall–Kier alpha value is -2.55. The average Bonchev–Trinajstić information content (AvgIpc) is 3.45. The van der Waals surface area contributed by atoms with Crippen LogP contribution >= 0.6 is 35.5 Å². The highest BCUT2D eigenvalue weighted by atomic mass is 35.5. The molecule has 6 nitrogen and oxygen atoms in total. The zero-order valence-electron chi connectivity index (χ0n) is 18.8. The molecule has 2 aromatic heterocycles. The molecule has 33 heavy (non-hydrogen) atoms. The maximum atomic E-state index is 13.5. The largest absolute Gasteiger partial charge is 0.497 e. The molecule has 0 radical (unpaired) electrons. The van der Waals surface area contributed by atoms with Crippen LogP contribution in [0.2, 0.25) is 0 Å². The van der Waals surface area contributed by atoms with Gasteiger partial charge < -0.3 is 9.30 Å². The number of fused-ring (bicyclic) bond motifs is 1. The molecule has 0 saturated heterocycles. The molecule has 0 atom stereocenters. The zero-order valence-corrected chi connectivity index (χ0v) is 21.3. The maximum absolute atomic E-state index is 13.5. The van der Waals surface area contributed by atoms with Crippen molar-refractivity contribution in [1.29, 1.82) is 0 Å². The van der Waals surface area contributed by atoms with Crippen LogP contribution in [0.15, 0.2) is 66.1 Å². The van der Waals surface area contributed by atoms with Gasteiger partial charge in [-0.25, -0.2) is 9.97 Å². The van der Waals surface area contributed by atoms with E-state index in [2.05, 4.69) is 18.8 Å². The van der Waals surface area contributed by atoms with Crippen LogP contribution in [0.5, 0.6) is 5.75 Å². The van der Waals surface area contributed by atoms with Gasteiger partial charge in [-0.15, -0.1) is 24.2 Å². The predicted molar refractivity (Wildman–Crippen MR) is 139 cm³/mol. The number of carbonyl (C=O) groups excluding carboxylic acids is 1. The lowest BCUT2D eigenvalue weighted by atomic mass is 10.2. The van der Waals surface area contributed by atoms with Crippen LogP contribution in [0.4, 0.5) is 5.13 Å². The number of amides is 1. The minimum Gasteiger partial charge on any atom is -0.497 e. The van der Waals surface area contributed by atoms with Crippen LogP contribution < -0.4 is 9.64 Å². The molecule has 174 valence electrons. The highest BCUT2D eigenvalue weighted by molar-refractivity contribution is 7.99. The smallest absolute Gasteiger partial charge is 0.260 e. The predicted octanol–water partition coefficient (Wildman–Crippen LogP) is 6.16. The van der Waals surface area contributed by atoms with Gasteiger partial charge in [0.25, 0.3) is 5.91 Å². The van der Waals surface area contributed by atoms with Crippen molar-refractivity contribution in [3.63, 3.8) is 0 Å². The third-order valence-corrected chi connectivity index (χ3v) is 6.95. The summed E-state index contributed by atoms with van der Waals surface area (Å²) in [4.78, 5) is 25.3. The summed E-state index contributed by atoms with van der Waals surface area (Å²) in [6.45, 7) is 5.67. The lowest BCUT2D eigenvalue weighted by Gasteiger charge is -2.20. The number of aryl methyl sites for hydroxylation is 1. The Balaban J connectivity index is 0.00000306. The van der Waals surface area contributed by atoms with Crippen LogP contribution in [-0.4, -0.2) is 39.3 Å². The molecule has 0 saturated carbocycles. The summed E-state index contributed by atoms with van der Waals surface area (Å²) in [7, 11) is 1.65. The van der Waals surface area contributed by atoms with E-state index in [4.69, 9.17) is 9.72 Å². The number of hydrogen-bond donors (Lipinski definition) is 0. The second kappa shape index (κ2) is 11.5. The number of rotatable bonds is 9. The van der Waals surface area contributed by atoms with Crippen LogP contribution in [0, 0.1) is 0 Å². The number of aromatic nitrogens is 3. The van der Waals surface area contributed by atoms with E-state index in [0.717, 1.165) is 33.8 Å². The van der Waals surface area contributed by atoms with Gasteiger partial charge in [-0.2, -0.15) is 0 Å². The Bertz CT molecular complexity index is 1180. The van der Waals surface area contributed by atoms with Crippen molar-refractivity contribution in [2.24, 2.45) is 0 Å². The second-order valence-corrected chi connectivity index (χ2v) is 10.3. The molecule has 1 amide bonds. The van der Waals surface area contributed by atoms with Crippen molar-refractivity contribution in [1.82, 2.24) is 14.5 Å². The minimum atomic E-state index is -0.0391. The monoisotopic (exact) mass is 502 g/mol. The van der Waals surface area contributed by atoms with E-state index < -0.39 is 0 Å². The normalized spacial score (nSPS) is 10.9. The Morgan fingerprint density at radius 1 is 1.21 bits per heavy atom. The first-order valence-corrected chi connectivity index (χ1v) is 12.2. The number of methoxy groups -OCH3 is 1. The number of thioether (sulfide) groups is 1. The van der Waals surface area contributed by atoms with Crippen molar-refractivity contribution in [3.8, 4) is 5.75 Å². The summed E-state index contributed by atoms with van der Waals surface area (Å²) >= 11 is 3.29. The highest BCUT2D eigenvalue weighted by Crippen LogP contribution is 2.32. The fourth-order valence-electron chi connectivity index (χ4n) is 3.35. The van der Waals surface area contributed by atoms with E-state index in [1.54, 1.807) is 36.3 Å². The first-order chi connectivity index (χ1) is 15.5. The molecule has 4 rings (SSSR count). The summed E-state index contributed by atoms with van der Waals surface area (Å²) in [6.07, 6.45) is 6.28. The molecule has 0 unspecified atom stereocenters. The molecule has 0 spiro atoms. The first-order valence-electron chi connectivity index (χ1n) is 10.5. The van der Waals surface area contributed by atoms with E-state index in [1.165, 1.54) is 11.3 Å². The van der Waals surface area contributed by atoms with E-state index >= 15 is 0 Å². The molecular weight excluding hydrogens is 476 g/mol. The minimum absolute atomic E-state index is 0. The number of halogens is 1. The summed E-state index contributed by atoms with van der Waals surface area (Å²) in [6, 6.07) is 13.6. The number of imidazole rings is 1. The van der Waals surface area contributed by atoms with Crippen molar-refractivity contribution in [2.45, 2.75) is 37.0 Å². The maximum Gasteiger partial charge on any atom is 0.260 e. The highest BCUT2D eigenvalue weighted by Gasteiger charge is 2.21. The summed E-state index contributed by atoms with van der Waals surface area (Å²) < 4.78 is 8.35. The third-order valence-electron chi connectivity index (χ3n) is 4.89. The van der Waals surface area contributed by atoms with Crippen LogP contribution in [0.1, 0.15) is 30.6 Å². The molecule has 0 aliphatic rings. The molecule has 0 bridgehead atoms. The van der Waals surface area contributed by atoms with Crippen molar-refractivity contribution in [3.05, 3.63) is 66.7 Å². The lowest BCUT2D eigenvalue weighted by molar-refractivity contribution is 0.0986. The second-order valence-electron chi connectivity index (χ2n) is 7.63. The first kappa shape index (κ1) is 25.1. The van der Waals surface area contributed by atoms with Crippen molar-refractivity contribution >= 4 is 56.8 Å². The van der Waals surface area contributed by atoms with E-state index in [9.17, 15) is 4.79 Å². The van der Waals surface area contributed by atoms with Gasteiger partial charge in [0.2, 0.25) is 0 Å². The average molecular weight is 503 g/mol. The van der Waals surface area contributed by atoms with Gasteiger partial charge >= 0.3 is 0 Å². The fraction of sp³-hybridized carbons (Fsp3) is 0.292. The van der Waals surface area contributed by atoms with Gasteiger partial charge in [0.1, 0.15) is 5.75 Å². The molecule has 0 N–H and O–H groups in total. The van der Waals surface area contributed by atoms with E-state index in [0.29, 0.717) is 22.5 Å². The Morgan fingerprint density at radius 2 is 2.00 bits per heavy atom. The Morgan fingerprint density at radius 3 is 2.67 bits per heavy atom. The molecule has 2 aromatic carbocycles. The SMILES string of the molecule is COc1ccc2nc(N(CCCn3ccnc3)C(=O)c3ccc(SC(C)C)cc3)sc2c1.Cl. The number of hydrogen-bond acceptors (Lipinski definition) is 6. The summed E-state index contributed by atoms with van der Waals surface area (Å²) in [5.41, 5.74) is 1.53. The van der Waals surface area contributed by atoms with Gasteiger partial charge in [-0.05, 0) is 48.9 Å². The van der Waals surface area contributed by atoms with Crippen LogP contribution in [0.3, 0.4) is 0 Å². The topological polar surface area (TPSA) is 60.2 Å². The Kier molecular flexibility index (Phi) is 8.77. The lowest BCUT2D eigenvalue weighted by Crippen LogP contribution is -2.32. The molecule has 0 aliphatic carbocycles.